The zero-order valence-electron chi connectivity index (χ0n) is 12.1. The van der Waals surface area contributed by atoms with Crippen LogP contribution in [0.1, 0.15) is 18.7 Å². The molecule has 0 aliphatic carbocycles. The number of morpholine rings is 1. The van der Waals surface area contributed by atoms with Crippen molar-refractivity contribution in [2.75, 3.05) is 25.0 Å². The number of hydrogen-bond donors (Lipinski definition) is 4. The number of anilines is 1. The van der Waals surface area contributed by atoms with Gasteiger partial charge in [0, 0.05) is 18.8 Å². The van der Waals surface area contributed by atoms with Gasteiger partial charge in [-0.05, 0) is 19.1 Å². The van der Waals surface area contributed by atoms with Gasteiger partial charge >= 0.3 is 0 Å². The van der Waals surface area contributed by atoms with Crippen LogP contribution in [0.15, 0.2) is 29.1 Å². The molecule has 1 saturated heterocycles. The van der Waals surface area contributed by atoms with Gasteiger partial charge < -0.3 is 21.1 Å². The molecule has 1 aliphatic rings. The number of halogens is 1. The molecule has 1 fully saturated rings. The normalized spacial score (nSPS) is 19.3. The molecule has 8 heteroatoms. The molecular formula is C14H18ClN5O2. The van der Waals surface area contributed by atoms with Gasteiger partial charge in [0.15, 0.2) is 0 Å². The third-order valence-electron chi connectivity index (χ3n) is 3.09. The summed E-state index contributed by atoms with van der Waals surface area (Å²) >= 11 is 5.78. The molecule has 5 N–H and O–H groups in total. The Morgan fingerprint density at radius 1 is 1.59 bits per heavy atom. The Kier molecular flexibility index (Phi) is 5.48. The van der Waals surface area contributed by atoms with Crippen LogP contribution in [-0.2, 0) is 9.53 Å². The van der Waals surface area contributed by atoms with Crippen LogP contribution < -0.4 is 16.4 Å². The molecule has 1 atom stereocenters. The minimum Gasteiger partial charge on any atom is -0.401 e. The lowest BCUT2D eigenvalue weighted by molar-refractivity contribution is -0.110. The van der Waals surface area contributed by atoms with Gasteiger partial charge in [0.1, 0.15) is 11.8 Å². The number of aromatic nitrogens is 1. The van der Waals surface area contributed by atoms with Gasteiger partial charge in [-0.3, -0.25) is 15.2 Å². The van der Waals surface area contributed by atoms with Gasteiger partial charge in [-0.15, -0.1) is 0 Å². The first-order valence-electron chi connectivity index (χ1n) is 6.79. The van der Waals surface area contributed by atoms with Crippen molar-refractivity contribution in [1.29, 1.82) is 5.41 Å². The summed E-state index contributed by atoms with van der Waals surface area (Å²) in [6, 6.07) is 3.49. The van der Waals surface area contributed by atoms with E-state index in [-0.39, 0.29) is 22.5 Å². The number of carbonyl (C=O) groups is 1. The lowest BCUT2D eigenvalue weighted by atomic mass is 10.2. The predicted molar refractivity (Wildman–Crippen MR) is 84.9 cm³/mol. The number of pyridine rings is 1. The lowest BCUT2D eigenvalue weighted by Crippen LogP contribution is -2.33. The minimum atomic E-state index is -0.639. The molecule has 0 aromatic carbocycles. The van der Waals surface area contributed by atoms with Crippen LogP contribution in [0.3, 0.4) is 0 Å². The van der Waals surface area contributed by atoms with Gasteiger partial charge in [-0.1, -0.05) is 11.6 Å². The van der Waals surface area contributed by atoms with Crippen molar-refractivity contribution in [3.8, 4) is 0 Å². The highest BCUT2D eigenvalue weighted by molar-refractivity contribution is 6.60. The fourth-order valence-corrected chi connectivity index (χ4v) is 2.00. The largest absolute Gasteiger partial charge is 0.401 e. The summed E-state index contributed by atoms with van der Waals surface area (Å²) in [5, 5.41) is 13.4. The molecule has 0 saturated carbocycles. The second-order valence-electron chi connectivity index (χ2n) is 4.86. The van der Waals surface area contributed by atoms with E-state index in [1.54, 1.807) is 12.1 Å². The van der Waals surface area contributed by atoms with Crippen LogP contribution in [0.25, 0.3) is 0 Å². The SMILES string of the molecule is C/C(N)=C(\Cl)C(=N)C(=O)Nc1ccc([C@@H]2CNCCO2)nc1. The zero-order valence-corrected chi connectivity index (χ0v) is 12.9. The summed E-state index contributed by atoms with van der Waals surface area (Å²) in [6.45, 7) is 3.71. The Labute approximate surface area is 133 Å². The third-order valence-corrected chi connectivity index (χ3v) is 3.58. The Morgan fingerprint density at radius 2 is 2.36 bits per heavy atom. The quantitative estimate of drug-likeness (QED) is 0.620. The first-order valence-corrected chi connectivity index (χ1v) is 7.17. The number of nitrogens with two attached hydrogens (primary N) is 1. The van der Waals surface area contributed by atoms with E-state index in [4.69, 9.17) is 27.5 Å². The van der Waals surface area contributed by atoms with Crippen molar-refractivity contribution in [1.82, 2.24) is 10.3 Å². The van der Waals surface area contributed by atoms with E-state index < -0.39 is 5.91 Å². The number of nitrogens with zero attached hydrogens (tertiary/aromatic N) is 1. The summed E-state index contributed by atoms with van der Waals surface area (Å²) in [5.41, 5.74) is 6.56. The summed E-state index contributed by atoms with van der Waals surface area (Å²) < 4.78 is 5.60. The van der Waals surface area contributed by atoms with Crippen molar-refractivity contribution in [3.05, 3.63) is 34.8 Å². The van der Waals surface area contributed by atoms with Crippen molar-refractivity contribution in [2.24, 2.45) is 5.73 Å². The second kappa shape index (κ2) is 7.35. The molecule has 0 unspecified atom stereocenters. The number of allylic oxidation sites excluding steroid dienone is 1. The minimum absolute atomic E-state index is 0.0660. The van der Waals surface area contributed by atoms with Crippen LogP contribution >= 0.6 is 11.6 Å². The first kappa shape index (κ1) is 16.4. The number of nitrogens with one attached hydrogen (secondary N) is 3. The standard InChI is InChI=1S/C14H18ClN5O2/c1-8(16)12(15)13(17)14(21)20-9-2-3-10(19-6-9)11-7-18-4-5-22-11/h2-3,6,11,17-18H,4-5,7,16H2,1H3,(H,20,21)/b12-8+,17-13?/t11-/m0/s1. The maximum atomic E-state index is 11.9. The monoisotopic (exact) mass is 323 g/mol. The fourth-order valence-electron chi connectivity index (χ4n) is 1.92. The zero-order chi connectivity index (χ0) is 16.1. The maximum Gasteiger partial charge on any atom is 0.275 e. The van der Waals surface area contributed by atoms with Gasteiger partial charge in [-0.25, -0.2) is 0 Å². The maximum absolute atomic E-state index is 11.9. The molecule has 0 spiro atoms. The van der Waals surface area contributed by atoms with Crippen LogP contribution in [-0.4, -0.2) is 36.3 Å². The van der Waals surface area contributed by atoms with E-state index in [0.717, 1.165) is 12.2 Å². The molecule has 2 rings (SSSR count). The first-order chi connectivity index (χ1) is 10.5. The van der Waals surface area contributed by atoms with E-state index in [9.17, 15) is 4.79 Å². The average Bonchev–Trinajstić information content (AvgIpc) is 2.54. The molecule has 1 aromatic heterocycles. The number of amides is 1. The van der Waals surface area contributed by atoms with Crippen molar-refractivity contribution in [3.63, 3.8) is 0 Å². The van der Waals surface area contributed by atoms with Crippen LogP contribution in [0.2, 0.25) is 0 Å². The average molecular weight is 324 g/mol. The number of ether oxygens (including phenoxy) is 1. The highest BCUT2D eigenvalue weighted by Gasteiger charge is 2.18. The molecule has 0 radical (unpaired) electrons. The molecular weight excluding hydrogens is 306 g/mol. The molecule has 0 bridgehead atoms. The number of rotatable bonds is 4. The fraction of sp³-hybridized carbons (Fsp3) is 0.357. The molecule has 1 aliphatic heterocycles. The highest BCUT2D eigenvalue weighted by Crippen LogP contribution is 2.18. The lowest BCUT2D eigenvalue weighted by Gasteiger charge is -2.23. The van der Waals surface area contributed by atoms with E-state index in [2.05, 4.69) is 15.6 Å². The van der Waals surface area contributed by atoms with Crippen LogP contribution in [0.4, 0.5) is 5.69 Å². The summed E-state index contributed by atoms with van der Waals surface area (Å²) in [5.74, 6) is -0.639. The number of carbonyl (C=O) groups excluding carboxylic acids is 1. The van der Waals surface area contributed by atoms with Gasteiger partial charge in [0.05, 0.1) is 29.2 Å². The van der Waals surface area contributed by atoms with Crippen LogP contribution in [0.5, 0.6) is 0 Å². The van der Waals surface area contributed by atoms with E-state index >= 15 is 0 Å². The Bertz CT molecular complexity index is 590. The Hall–Kier alpha value is -1.96. The Morgan fingerprint density at radius 3 is 2.91 bits per heavy atom. The molecule has 118 valence electrons. The molecule has 7 nitrogen and oxygen atoms in total. The highest BCUT2D eigenvalue weighted by atomic mass is 35.5. The third kappa shape index (κ3) is 4.03. The smallest absolute Gasteiger partial charge is 0.275 e. The summed E-state index contributed by atoms with van der Waals surface area (Å²) in [6.07, 6.45) is 1.43. The molecule has 22 heavy (non-hydrogen) atoms. The summed E-state index contributed by atoms with van der Waals surface area (Å²) in [4.78, 5) is 16.1. The second-order valence-corrected chi connectivity index (χ2v) is 5.24. The number of hydrogen-bond acceptors (Lipinski definition) is 6. The topological polar surface area (TPSA) is 113 Å². The van der Waals surface area contributed by atoms with Crippen LogP contribution in [0, 0.1) is 5.41 Å². The molecule has 1 amide bonds. The van der Waals surface area contributed by atoms with E-state index in [1.807, 2.05) is 0 Å². The molecule has 2 heterocycles. The van der Waals surface area contributed by atoms with Crippen molar-refractivity contribution < 1.29 is 9.53 Å². The van der Waals surface area contributed by atoms with Crippen molar-refractivity contribution in [2.45, 2.75) is 13.0 Å². The molecule has 1 aromatic rings. The van der Waals surface area contributed by atoms with E-state index in [0.29, 0.717) is 18.8 Å². The predicted octanol–water partition coefficient (Wildman–Crippen LogP) is 1.13. The van der Waals surface area contributed by atoms with Gasteiger partial charge in [0.2, 0.25) is 0 Å². The van der Waals surface area contributed by atoms with E-state index in [1.165, 1.54) is 13.1 Å². The van der Waals surface area contributed by atoms with Gasteiger partial charge in [-0.2, -0.15) is 0 Å². The Balaban J connectivity index is 2.00. The van der Waals surface area contributed by atoms with Crippen molar-refractivity contribution >= 4 is 28.9 Å². The summed E-state index contributed by atoms with van der Waals surface area (Å²) in [7, 11) is 0. The van der Waals surface area contributed by atoms with Gasteiger partial charge in [0.25, 0.3) is 5.91 Å².